The smallest absolute Gasteiger partial charge is 0.306 e. The van der Waals surface area contributed by atoms with Gasteiger partial charge in [0, 0.05) is 31.3 Å². The highest BCUT2D eigenvalue weighted by Crippen LogP contribution is 2.37. The van der Waals surface area contributed by atoms with Gasteiger partial charge < -0.3 is 10.0 Å². The summed E-state index contributed by atoms with van der Waals surface area (Å²) >= 11 is 0. The van der Waals surface area contributed by atoms with Gasteiger partial charge in [-0.05, 0) is 32.6 Å². The molecule has 6 heteroatoms. The Bertz CT molecular complexity index is 390. The van der Waals surface area contributed by atoms with Gasteiger partial charge in [0.25, 0.3) is 0 Å². The number of carbonyl (C=O) groups is 2. The first-order chi connectivity index (χ1) is 9.30. The number of hydrogen-bond acceptors (Lipinski definition) is 2. The van der Waals surface area contributed by atoms with Crippen LogP contribution in [0.25, 0.3) is 0 Å². The fraction of sp³-hybridized carbons (Fsp3) is 0.857. The molecule has 2 aliphatic rings. The summed E-state index contributed by atoms with van der Waals surface area (Å²) in [6.45, 7) is 2.26. The van der Waals surface area contributed by atoms with Crippen molar-refractivity contribution in [3.63, 3.8) is 0 Å². The number of nitrogens with zero attached hydrogens (tertiary/aromatic N) is 1. The van der Waals surface area contributed by atoms with Crippen molar-refractivity contribution in [2.75, 3.05) is 6.54 Å². The van der Waals surface area contributed by atoms with Crippen molar-refractivity contribution in [1.29, 1.82) is 0 Å². The lowest BCUT2D eigenvalue weighted by molar-refractivity contribution is -0.150. The number of halogens is 2. The van der Waals surface area contributed by atoms with E-state index in [-0.39, 0.29) is 43.6 Å². The minimum absolute atomic E-state index is 0.0724. The van der Waals surface area contributed by atoms with Crippen LogP contribution in [0.3, 0.4) is 0 Å². The Kier molecular flexibility index (Phi) is 4.30. The minimum Gasteiger partial charge on any atom is -0.481 e. The maximum absolute atomic E-state index is 13.1. The van der Waals surface area contributed by atoms with Gasteiger partial charge in [0.05, 0.1) is 5.92 Å². The van der Waals surface area contributed by atoms with E-state index in [0.29, 0.717) is 19.4 Å². The molecule has 1 saturated heterocycles. The summed E-state index contributed by atoms with van der Waals surface area (Å²) in [5, 5.41) is 9.00. The normalized spacial score (nSPS) is 31.1. The molecule has 4 nitrogen and oxygen atoms in total. The van der Waals surface area contributed by atoms with Crippen LogP contribution < -0.4 is 0 Å². The van der Waals surface area contributed by atoms with Gasteiger partial charge in [-0.15, -0.1) is 0 Å². The third kappa shape index (κ3) is 3.27. The van der Waals surface area contributed by atoms with Crippen molar-refractivity contribution >= 4 is 11.9 Å². The van der Waals surface area contributed by atoms with E-state index in [1.165, 1.54) is 0 Å². The van der Waals surface area contributed by atoms with E-state index in [1.54, 1.807) is 4.90 Å². The Balaban J connectivity index is 1.92. The third-order valence-electron chi connectivity index (χ3n) is 4.57. The number of carboxylic acids is 1. The lowest BCUT2D eigenvalue weighted by Crippen LogP contribution is -2.49. The maximum Gasteiger partial charge on any atom is 0.306 e. The number of aliphatic carboxylic acids is 1. The van der Waals surface area contributed by atoms with Crippen LogP contribution in [0.2, 0.25) is 0 Å². The van der Waals surface area contributed by atoms with Crippen molar-refractivity contribution in [2.45, 2.75) is 57.4 Å². The summed E-state index contributed by atoms with van der Waals surface area (Å²) in [4.78, 5) is 25.0. The summed E-state index contributed by atoms with van der Waals surface area (Å²) in [6.07, 6.45) is 0.930. The number of amides is 1. The van der Waals surface area contributed by atoms with E-state index in [9.17, 15) is 18.4 Å². The monoisotopic (exact) mass is 289 g/mol. The van der Waals surface area contributed by atoms with E-state index < -0.39 is 17.8 Å². The third-order valence-corrected chi connectivity index (χ3v) is 4.57. The largest absolute Gasteiger partial charge is 0.481 e. The van der Waals surface area contributed by atoms with Gasteiger partial charge in [-0.1, -0.05) is 0 Å². The molecule has 0 aromatic rings. The van der Waals surface area contributed by atoms with E-state index in [0.717, 1.165) is 0 Å². The molecule has 2 atom stereocenters. The van der Waals surface area contributed by atoms with Crippen LogP contribution in [0.4, 0.5) is 8.78 Å². The lowest BCUT2D eigenvalue weighted by Gasteiger charge is -2.39. The Labute approximate surface area is 117 Å². The molecule has 0 aromatic carbocycles. The van der Waals surface area contributed by atoms with Gasteiger partial charge in [0.15, 0.2) is 0 Å². The first-order valence-corrected chi connectivity index (χ1v) is 7.21. The predicted molar refractivity (Wildman–Crippen MR) is 68.4 cm³/mol. The standard InChI is InChI=1S/C14H21F2NO3/c1-9-8-11(13(19)20)4-7-17(9)12(18)10-2-5-14(15,16)6-3-10/h9-11H,2-8H2,1H3,(H,19,20)/t9-,11-/m1/s1. The van der Waals surface area contributed by atoms with Gasteiger partial charge in [-0.2, -0.15) is 0 Å². The van der Waals surface area contributed by atoms with Crippen molar-refractivity contribution < 1.29 is 23.5 Å². The summed E-state index contributed by atoms with van der Waals surface area (Å²) in [6, 6.07) is -0.125. The average Bonchev–Trinajstić information content (AvgIpc) is 2.37. The Morgan fingerprint density at radius 1 is 1.15 bits per heavy atom. The molecule has 1 heterocycles. The van der Waals surface area contributed by atoms with Crippen LogP contribution in [0, 0.1) is 11.8 Å². The SMILES string of the molecule is C[C@@H]1C[C@H](C(=O)O)CCN1C(=O)C1CCC(F)(F)CC1. The summed E-state index contributed by atoms with van der Waals surface area (Å²) in [7, 11) is 0. The maximum atomic E-state index is 13.1. The molecule has 0 bridgehead atoms. The molecular formula is C14H21F2NO3. The van der Waals surface area contributed by atoms with Crippen LogP contribution >= 0.6 is 0 Å². The van der Waals surface area contributed by atoms with Crippen molar-refractivity contribution in [1.82, 2.24) is 4.90 Å². The molecule has 0 aromatic heterocycles. The predicted octanol–water partition coefficient (Wildman–Crippen LogP) is 2.52. The van der Waals surface area contributed by atoms with Gasteiger partial charge in [-0.3, -0.25) is 9.59 Å². The zero-order valence-corrected chi connectivity index (χ0v) is 11.6. The number of likely N-dealkylation sites (tertiary alicyclic amines) is 1. The van der Waals surface area contributed by atoms with Crippen molar-refractivity contribution in [3.8, 4) is 0 Å². The first-order valence-electron chi connectivity index (χ1n) is 7.21. The van der Waals surface area contributed by atoms with Crippen LogP contribution in [-0.2, 0) is 9.59 Å². The van der Waals surface area contributed by atoms with E-state index in [1.807, 2.05) is 6.92 Å². The molecule has 1 saturated carbocycles. The molecule has 114 valence electrons. The summed E-state index contributed by atoms with van der Waals surface area (Å²) < 4.78 is 26.2. The van der Waals surface area contributed by atoms with E-state index >= 15 is 0 Å². The molecule has 2 rings (SSSR count). The minimum atomic E-state index is -2.63. The van der Waals surface area contributed by atoms with Gasteiger partial charge in [0.2, 0.25) is 11.8 Å². The highest BCUT2D eigenvalue weighted by molar-refractivity contribution is 5.80. The summed E-state index contributed by atoms with van der Waals surface area (Å²) in [5.74, 6) is -4.24. The number of hydrogen-bond donors (Lipinski definition) is 1. The molecule has 0 spiro atoms. The molecule has 0 radical (unpaired) electrons. The molecule has 1 aliphatic heterocycles. The molecule has 0 unspecified atom stereocenters. The average molecular weight is 289 g/mol. The molecule has 1 N–H and O–H groups in total. The van der Waals surface area contributed by atoms with Gasteiger partial charge in [-0.25, -0.2) is 8.78 Å². The Hall–Kier alpha value is -1.20. The fourth-order valence-corrected chi connectivity index (χ4v) is 3.25. The molecule has 20 heavy (non-hydrogen) atoms. The second kappa shape index (κ2) is 5.66. The van der Waals surface area contributed by atoms with E-state index in [4.69, 9.17) is 5.11 Å². The molecule has 1 aliphatic carbocycles. The number of rotatable bonds is 2. The van der Waals surface area contributed by atoms with E-state index in [2.05, 4.69) is 0 Å². The number of carboxylic acid groups (broad SMARTS) is 1. The molecule has 1 amide bonds. The molecule has 2 fully saturated rings. The zero-order chi connectivity index (χ0) is 14.9. The van der Waals surface area contributed by atoms with Crippen LogP contribution in [0.5, 0.6) is 0 Å². The van der Waals surface area contributed by atoms with Crippen molar-refractivity contribution in [2.24, 2.45) is 11.8 Å². The quantitative estimate of drug-likeness (QED) is 0.850. The Morgan fingerprint density at radius 2 is 1.75 bits per heavy atom. The zero-order valence-electron chi connectivity index (χ0n) is 11.6. The van der Waals surface area contributed by atoms with Crippen LogP contribution in [0.15, 0.2) is 0 Å². The molecular weight excluding hydrogens is 268 g/mol. The summed E-state index contributed by atoms with van der Waals surface area (Å²) in [5.41, 5.74) is 0. The van der Waals surface area contributed by atoms with Crippen LogP contribution in [-0.4, -0.2) is 40.4 Å². The van der Waals surface area contributed by atoms with Gasteiger partial charge >= 0.3 is 5.97 Å². The highest BCUT2D eigenvalue weighted by atomic mass is 19.3. The second-order valence-electron chi connectivity index (χ2n) is 6.07. The number of piperidine rings is 1. The van der Waals surface area contributed by atoms with Gasteiger partial charge in [0.1, 0.15) is 0 Å². The number of alkyl halides is 2. The van der Waals surface area contributed by atoms with Crippen LogP contribution in [0.1, 0.15) is 45.4 Å². The Morgan fingerprint density at radius 3 is 2.25 bits per heavy atom. The lowest BCUT2D eigenvalue weighted by atomic mass is 9.84. The van der Waals surface area contributed by atoms with Crippen molar-refractivity contribution in [3.05, 3.63) is 0 Å². The number of carbonyl (C=O) groups excluding carboxylic acids is 1. The topological polar surface area (TPSA) is 57.6 Å². The second-order valence-corrected chi connectivity index (χ2v) is 6.07. The fourth-order valence-electron chi connectivity index (χ4n) is 3.25. The first kappa shape index (κ1) is 15.2. The highest BCUT2D eigenvalue weighted by Gasteiger charge is 2.40.